The van der Waals surface area contributed by atoms with Gasteiger partial charge >= 0.3 is 5.97 Å². The first-order valence-corrected chi connectivity index (χ1v) is 5.94. The summed E-state index contributed by atoms with van der Waals surface area (Å²) in [5.41, 5.74) is -2.75. The van der Waals surface area contributed by atoms with Crippen molar-refractivity contribution in [1.82, 2.24) is 15.0 Å². The van der Waals surface area contributed by atoms with Crippen molar-refractivity contribution >= 4 is 23.0 Å². The maximum Gasteiger partial charge on any atom is 0.346 e. The van der Waals surface area contributed by atoms with E-state index in [0.29, 0.717) is 17.0 Å². The summed E-state index contributed by atoms with van der Waals surface area (Å²) >= 11 is 0. The molecule has 9 heteroatoms. The van der Waals surface area contributed by atoms with E-state index in [2.05, 4.69) is 20.3 Å². The van der Waals surface area contributed by atoms with Crippen molar-refractivity contribution in [2.24, 2.45) is 0 Å². The molecule has 0 amide bonds. The monoisotopic (exact) mass is 280 g/mol. The number of aliphatic carboxylic acids is 1. The van der Waals surface area contributed by atoms with E-state index in [0.717, 1.165) is 0 Å². The molecule has 0 radical (unpaired) electrons. The molecule has 0 bridgehead atoms. The molecule has 5 N–H and O–H groups in total. The van der Waals surface area contributed by atoms with Crippen molar-refractivity contribution in [2.75, 3.05) is 5.32 Å². The van der Waals surface area contributed by atoms with Crippen LogP contribution in [0.5, 0.6) is 0 Å². The van der Waals surface area contributed by atoms with Gasteiger partial charge < -0.3 is 20.3 Å². The minimum absolute atomic E-state index is 0.299. The first-order valence-electron chi connectivity index (χ1n) is 5.94. The highest BCUT2D eigenvalue weighted by Gasteiger charge is 2.59. The molecular weight excluding hydrogens is 266 g/mol. The highest BCUT2D eigenvalue weighted by Crippen LogP contribution is 2.32. The summed E-state index contributed by atoms with van der Waals surface area (Å²) in [5, 5.41) is 32.9. The van der Waals surface area contributed by atoms with Gasteiger partial charge in [-0.1, -0.05) is 4.98 Å². The highest BCUT2D eigenvalue weighted by atomic mass is 16.4. The van der Waals surface area contributed by atoms with Crippen LogP contribution in [0.4, 0.5) is 5.82 Å². The Bertz CT molecular complexity index is 712. The predicted octanol–water partition coefficient (Wildman–Crippen LogP) is -1.46. The Balaban J connectivity index is 2.32. The quantitative estimate of drug-likeness (QED) is 0.403. The number of aliphatic hydroxyl groups excluding tert-OH is 1. The number of hydrogen-bond acceptors (Lipinski definition) is 6. The summed E-state index contributed by atoms with van der Waals surface area (Å²) < 4.78 is 1.28. The highest BCUT2D eigenvalue weighted by molar-refractivity contribution is 5.88. The van der Waals surface area contributed by atoms with E-state index < -0.39 is 23.3 Å². The van der Waals surface area contributed by atoms with Gasteiger partial charge in [-0.15, -0.1) is 0 Å². The molecule has 1 aliphatic heterocycles. The molecule has 0 aromatic carbocycles. The van der Waals surface area contributed by atoms with Gasteiger partial charge in [0.1, 0.15) is 0 Å². The summed E-state index contributed by atoms with van der Waals surface area (Å²) in [4.78, 5) is 22.3. The normalized spacial score (nSPS) is 32.7. The topological polar surface area (TPSA) is 135 Å². The number of imidazole rings is 1. The van der Waals surface area contributed by atoms with Crippen molar-refractivity contribution in [3.05, 3.63) is 12.7 Å². The molecule has 106 valence electrons. The van der Waals surface area contributed by atoms with Crippen LogP contribution in [0.25, 0.3) is 11.2 Å². The van der Waals surface area contributed by atoms with Gasteiger partial charge in [0, 0.05) is 6.92 Å². The lowest BCUT2D eigenvalue weighted by Crippen LogP contribution is -2.75. The minimum Gasteiger partial charge on any atom is -0.478 e. The van der Waals surface area contributed by atoms with Crippen molar-refractivity contribution < 1.29 is 24.7 Å². The number of anilines is 1. The van der Waals surface area contributed by atoms with Crippen LogP contribution in [-0.2, 0) is 10.5 Å². The Hall–Kier alpha value is -2.26. The number of nitrogens with one attached hydrogen (secondary N) is 2. The molecule has 0 aliphatic carbocycles. The van der Waals surface area contributed by atoms with Crippen LogP contribution in [0.1, 0.15) is 13.8 Å². The molecule has 20 heavy (non-hydrogen) atoms. The van der Waals surface area contributed by atoms with E-state index in [-0.39, 0.29) is 0 Å². The fourth-order valence-electron chi connectivity index (χ4n) is 2.48. The average molecular weight is 280 g/mol. The molecule has 0 fully saturated rings. The van der Waals surface area contributed by atoms with E-state index >= 15 is 0 Å². The molecule has 0 unspecified atom stereocenters. The van der Waals surface area contributed by atoms with E-state index in [1.807, 2.05) is 0 Å². The fraction of sp³-hybridized carbons (Fsp3) is 0.455. The van der Waals surface area contributed by atoms with Crippen LogP contribution in [0.15, 0.2) is 12.7 Å². The van der Waals surface area contributed by atoms with Crippen LogP contribution in [0.3, 0.4) is 0 Å². The van der Waals surface area contributed by atoms with Crippen LogP contribution >= 0.6 is 0 Å². The standard InChI is InChI=1S/C11H13N5O4/c1-10(9(18)19)8(17)11(2,20)16-4-14-6-5(7(16)15-10)12-3-13-6/h3-4,8,17,20H,1-2H3,(H2,12,13,15,18,19)/p+1/t8-,10-,11+/m0/s1. The van der Waals surface area contributed by atoms with Crippen LogP contribution in [0, 0.1) is 0 Å². The largest absolute Gasteiger partial charge is 0.478 e. The van der Waals surface area contributed by atoms with Gasteiger partial charge in [-0.25, -0.2) is 14.3 Å². The number of fused-ring (bicyclic) bond motifs is 3. The van der Waals surface area contributed by atoms with Gasteiger partial charge in [0.2, 0.25) is 17.6 Å². The molecule has 9 nitrogen and oxygen atoms in total. The first kappa shape index (κ1) is 12.8. The zero-order valence-corrected chi connectivity index (χ0v) is 10.8. The third-order valence-corrected chi connectivity index (χ3v) is 3.77. The molecule has 1 aliphatic rings. The number of carboxylic acids is 1. The maximum atomic E-state index is 11.5. The summed E-state index contributed by atoms with van der Waals surface area (Å²) in [6, 6.07) is 0. The number of aromatic amines is 1. The number of H-pyrrole nitrogens is 1. The summed E-state index contributed by atoms with van der Waals surface area (Å²) in [6.45, 7) is 2.63. The first-order chi connectivity index (χ1) is 9.28. The molecule has 0 saturated carbocycles. The van der Waals surface area contributed by atoms with E-state index in [1.165, 1.54) is 31.1 Å². The minimum atomic E-state index is -1.83. The molecule has 0 spiro atoms. The number of carbonyl (C=O) groups is 1. The van der Waals surface area contributed by atoms with Gasteiger partial charge in [0.05, 0.1) is 6.33 Å². The van der Waals surface area contributed by atoms with E-state index in [4.69, 9.17) is 0 Å². The Morgan fingerprint density at radius 3 is 2.80 bits per heavy atom. The summed E-state index contributed by atoms with van der Waals surface area (Å²) in [5.74, 6) is -0.978. The lowest BCUT2D eigenvalue weighted by atomic mass is 9.85. The number of nitrogens with zero attached hydrogens (tertiary/aromatic N) is 3. The van der Waals surface area contributed by atoms with Crippen LogP contribution in [-0.4, -0.2) is 47.9 Å². The van der Waals surface area contributed by atoms with Gasteiger partial charge in [-0.3, -0.25) is 5.32 Å². The van der Waals surface area contributed by atoms with Gasteiger partial charge in [-0.05, 0) is 6.92 Å². The molecule has 3 atom stereocenters. The molecule has 2 aromatic heterocycles. The Morgan fingerprint density at radius 1 is 1.45 bits per heavy atom. The SMILES string of the molecule is C[C@]1(C(=O)O)Nc2c3[nH]cnc3nc[n+]2[C@](C)(O)[C@H]1O. The average Bonchev–Trinajstić information content (AvgIpc) is 2.84. The lowest BCUT2D eigenvalue weighted by Gasteiger charge is -2.41. The third kappa shape index (κ3) is 1.38. The van der Waals surface area contributed by atoms with Gasteiger partial charge in [-0.2, -0.15) is 0 Å². The Kier molecular flexibility index (Phi) is 2.32. The molecule has 2 aromatic rings. The Morgan fingerprint density at radius 2 is 2.15 bits per heavy atom. The van der Waals surface area contributed by atoms with Crippen molar-refractivity contribution in [2.45, 2.75) is 31.2 Å². The second-order valence-corrected chi connectivity index (χ2v) is 5.19. The second kappa shape index (κ2) is 3.64. The van der Waals surface area contributed by atoms with Crippen molar-refractivity contribution in [1.29, 1.82) is 0 Å². The number of rotatable bonds is 1. The summed E-state index contributed by atoms with van der Waals surface area (Å²) in [6.07, 6.45) is 1.14. The number of aliphatic hydroxyl groups is 2. The maximum absolute atomic E-state index is 11.5. The third-order valence-electron chi connectivity index (χ3n) is 3.77. The van der Waals surface area contributed by atoms with Crippen molar-refractivity contribution in [3.8, 4) is 0 Å². The van der Waals surface area contributed by atoms with Crippen LogP contribution in [0.2, 0.25) is 0 Å². The molecular formula is C11H14N5O4+. The lowest BCUT2D eigenvalue weighted by molar-refractivity contribution is -0.807. The molecule has 0 saturated heterocycles. The van der Waals surface area contributed by atoms with E-state index in [9.17, 15) is 20.1 Å². The molecule has 3 rings (SSSR count). The number of aromatic nitrogens is 4. The van der Waals surface area contributed by atoms with Crippen LogP contribution < -0.4 is 9.88 Å². The summed E-state index contributed by atoms with van der Waals surface area (Å²) in [7, 11) is 0. The smallest absolute Gasteiger partial charge is 0.346 e. The van der Waals surface area contributed by atoms with Gasteiger partial charge in [0.25, 0.3) is 11.5 Å². The predicted molar refractivity (Wildman–Crippen MR) is 65.6 cm³/mol. The van der Waals surface area contributed by atoms with Crippen molar-refractivity contribution in [3.63, 3.8) is 0 Å². The Labute approximate surface area is 112 Å². The zero-order valence-electron chi connectivity index (χ0n) is 10.8. The zero-order chi connectivity index (χ0) is 14.7. The fourth-order valence-corrected chi connectivity index (χ4v) is 2.48. The number of hydrogen-bond donors (Lipinski definition) is 5. The second-order valence-electron chi connectivity index (χ2n) is 5.19. The molecule has 3 heterocycles. The number of carboxylic acid groups (broad SMARTS) is 1. The van der Waals surface area contributed by atoms with E-state index in [1.54, 1.807) is 0 Å². The van der Waals surface area contributed by atoms with Gasteiger partial charge in [0.15, 0.2) is 11.6 Å².